The molecule has 0 unspecified atom stereocenters. The zero-order chi connectivity index (χ0) is 13.9. The van der Waals surface area contributed by atoms with Crippen LogP contribution in [0.15, 0.2) is 51.6 Å². The quantitative estimate of drug-likeness (QED) is 0.749. The van der Waals surface area contributed by atoms with Crippen molar-refractivity contribution in [2.24, 2.45) is 0 Å². The van der Waals surface area contributed by atoms with E-state index in [-0.39, 0.29) is 0 Å². The molecule has 0 aliphatic rings. The van der Waals surface area contributed by atoms with Gasteiger partial charge in [-0.05, 0) is 15.9 Å². The number of hydrogen-bond acceptors (Lipinski definition) is 4. The smallest absolute Gasteiger partial charge is 0.162 e. The average Bonchev–Trinajstić information content (AvgIpc) is 2.94. The molecule has 100 valence electrons. The number of thiophene rings is 1. The molecular weight excluding hydrogens is 334 g/mol. The standard InChI is InChI=1S/C15H12BrN3S/c1-17-14-7-13(11-8-20-9-12(11)16)18-15(19-14)10-5-3-2-4-6-10/h2-9H,1H3,(H,17,18,19). The Morgan fingerprint density at radius 2 is 1.90 bits per heavy atom. The van der Waals surface area contributed by atoms with Crippen LogP contribution in [0.1, 0.15) is 0 Å². The Balaban J connectivity index is 2.15. The van der Waals surface area contributed by atoms with Crippen LogP contribution in [0.4, 0.5) is 5.82 Å². The zero-order valence-electron chi connectivity index (χ0n) is 10.8. The Bertz CT molecular complexity index is 725. The van der Waals surface area contributed by atoms with Crippen molar-refractivity contribution < 1.29 is 0 Å². The van der Waals surface area contributed by atoms with Gasteiger partial charge in [0.1, 0.15) is 5.82 Å². The number of hydrogen-bond donors (Lipinski definition) is 1. The molecule has 2 heterocycles. The first kappa shape index (κ1) is 13.3. The SMILES string of the molecule is CNc1cc(-c2cscc2Br)nc(-c2ccccc2)n1. The van der Waals surface area contributed by atoms with Crippen molar-refractivity contribution in [3.8, 4) is 22.6 Å². The number of benzene rings is 1. The highest BCUT2D eigenvalue weighted by atomic mass is 79.9. The Kier molecular flexibility index (Phi) is 3.80. The Hall–Kier alpha value is -1.72. The molecule has 3 rings (SSSR count). The van der Waals surface area contributed by atoms with Gasteiger partial charge in [-0.2, -0.15) is 11.3 Å². The van der Waals surface area contributed by atoms with E-state index in [2.05, 4.69) is 42.0 Å². The molecule has 0 amide bonds. The number of nitrogens with zero attached hydrogens (tertiary/aromatic N) is 2. The van der Waals surface area contributed by atoms with Gasteiger partial charge in [-0.25, -0.2) is 9.97 Å². The molecule has 0 fully saturated rings. The van der Waals surface area contributed by atoms with Crippen LogP contribution < -0.4 is 5.32 Å². The lowest BCUT2D eigenvalue weighted by Gasteiger charge is -2.07. The van der Waals surface area contributed by atoms with Gasteiger partial charge in [0.25, 0.3) is 0 Å². The van der Waals surface area contributed by atoms with Crippen molar-refractivity contribution in [3.63, 3.8) is 0 Å². The highest BCUT2D eigenvalue weighted by Crippen LogP contribution is 2.32. The van der Waals surface area contributed by atoms with E-state index in [1.54, 1.807) is 11.3 Å². The van der Waals surface area contributed by atoms with Crippen LogP contribution in [-0.4, -0.2) is 17.0 Å². The third kappa shape index (κ3) is 2.59. The molecule has 3 nitrogen and oxygen atoms in total. The largest absolute Gasteiger partial charge is 0.373 e. The molecule has 3 aromatic rings. The summed E-state index contributed by atoms with van der Waals surface area (Å²) in [5.41, 5.74) is 3.01. The van der Waals surface area contributed by atoms with Crippen molar-refractivity contribution in [1.82, 2.24) is 9.97 Å². The Morgan fingerprint density at radius 1 is 1.10 bits per heavy atom. The van der Waals surface area contributed by atoms with Crippen LogP contribution in [0.25, 0.3) is 22.6 Å². The van der Waals surface area contributed by atoms with Gasteiger partial charge in [-0.1, -0.05) is 30.3 Å². The second-order valence-corrected chi connectivity index (χ2v) is 5.81. The highest BCUT2D eigenvalue weighted by molar-refractivity contribution is 9.10. The minimum absolute atomic E-state index is 0.727. The predicted octanol–water partition coefficient (Wildman–Crippen LogP) is 4.68. The van der Waals surface area contributed by atoms with Crippen molar-refractivity contribution in [2.45, 2.75) is 0 Å². The second-order valence-electron chi connectivity index (χ2n) is 4.21. The maximum absolute atomic E-state index is 4.68. The van der Waals surface area contributed by atoms with Crippen LogP contribution in [0.2, 0.25) is 0 Å². The molecule has 0 bridgehead atoms. The van der Waals surface area contributed by atoms with E-state index in [9.17, 15) is 0 Å². The first-order valence-electron chi connectivity index (χ1n) is 6.12. The number of nitrogens with one attached hydrogen (secondary N) is 1. The van der Waals surface area contributed by atoms with E-state index >= 15 is 0 Å². The van der Waals surface area contributed by atoms with Crippen molar-refractivity contribution in [3.05, 3.63) is 51.6 Å². The van der Waals surface area contributed by atoms with Crippen LogP contribution in [-0.2, 0) is 0 Å². The molecule has 0 aliphatic heterocycles. The maximum Gasteiger partial charge on any atom is 0.162 e. The third-order valence-electron chi connectivity index (χ3n) is 2.90. The van der Waals surface area contributed by atoms with Crippen molar-refractivity contribution in [1.29, 1.82) is 0 Å². The topological polar surface area (TPSA) is 37.8 Å². The monoisotopic (exact) mass is 345 g/mol. The minimum atomic E-state index is 0.727. The first-order valence-corrected chi connectivity index (χ1v) is 7.86. The molecule has 0 saturated heterocycles. The van der Waals surface area contributed by atoms with Gasteiger partial charge in [-0.15, -0.1) is 0 Å². The van der Waals surface area contributed by atoms with E-state index in [0.29, 0.717) is 0 Å². The Morgan fingerprint density at radius 3 is 2.55 bits per heavy atom. The summed E-state index contributed by atoms with van der Waals surface area (Å²) < 4.78 is 1.06. The normalized spacial score (nSPS) is 10.5. The molecule has 0 aliphatic carbocycles. The number of aromatic nitrogens is 2. The fourth-order valence-corrected chi connectivity index (χ4v) is 3.39. The molecule has 5 heteroatoms. The second kappa shape index (κ2) is 5.73. The summed E-state index contributed by atoms with van der Waals surface area (Å²) in [6.07, 6.45) is 0. The summed E-state index contributed by atoms with van der Waals surface area (Å²) in [5.74, 6) is 1.54. The summed E-state index contributed by atoms with van der Waals surface area (Å²) in [6.45, 7) is 0. The fourth-order valence-electron chi connectivity index (χ4n) is 1.89. The number of halogens is 1. The third-order valence-corrected chi connectivity index (χ3v) is 4.61. The molecule has 1 aromatic carbocycles. The molecule has 0 radical (unpaired) electrons. The van der Waals surface area contributed by atoms with Crippen LogP contribution in [0.5, 0.6) is 0 Å². The van der Waals surface area contributed by atoms with Crippen molar-refractivity contribution >= 4 is 33.1 Å². The molecule has 20 heavy (non-hydrogen) atoms. The molecule has 0 saturated carbocycles. The molecule has 2 aromatic heterocycles. The van der Waals surface area contributed by atoms with Gasteiger partial charge >= 0.3 is 0 Å². The average molecular weight is 346 g/mol. The predicted molar refractivity (Wildman–Crippen MR) is 88.0 cm³/mol. The maximum atomic E-state index is 4.68. The summed E-state index contributed by atoms with van der Waals surface area (Å²) in [5, 5.41) is 7.23. The van der Waals surface area contributed by atoms with Gasteiger partial charge < -0.3 is 5.32 Å². The summed E-state index contributed by atoms with van der Waals surface area (Å²) in [6, 6.07) is 12.0. The number of anilines is 1. The lowest BCUT2D eigenvalue weighted by Crippen LogP contribution is -1.98. The minimum Gasteiger partial charge on any atom is -0.373 e. The van der Waals surface area contributed by atoms with Gasteiger partial charge in [0.2, 0.25) is 0 Å². The van der Waals surface area contributed by atoms with E-state index < -0.39 is 0 Å². The van der Waals surface area contributed by atoms with E-state index in [1.165, 1.54) is 0 Å². The van der Waals surface area contributed by atoms with E-state index in [1.807, 2.05) is 43.4 Å². The Labute approximate surface area is 129 Å². The molecular formula is C15H12BrN3S. The summed E-state index contributed by atoms with van der Waals surface area (Å²) >= 11 is 5.21. The zero-order valence-corrected chi connectivity index (χ0v) is 13.2. The van der Waals surface area contributed by atoms with Crippen LogP contribution in [0, 0.1) is 0 Å². The summed E-state index contributed by atoms with van der Waals surface area (Å²) in [4.78, 5) is 9.21. The first-order chi connectivity index (χ1) is 9.78. The van der Waals surface area contributed by atoms with Crippen LogP contribution >= 0.6 is 27.3 Å². The number of rotatable bonds is 3. The lowest BCUT2D eigenvalue weighted by molar-refractivity contribution is 1.17. The molecule has 0 spiro atoms. The van der Waals surface area contributed by atoms with Gasteiger partial charge in [0.05, 0.1) is 5.69 Å². The lowest BCUT2D eigenvalue weighted by atomic mass is 10.2. The van der Waals surface area contributed by atoms with E-state index in [0.717, 1.165) is 32.9 Å². The molecule has 1 N–H and O–H groups in total. The van der Waals surface area contributed by atoms with Gasteiger partial charge in [0.15, 0.2) is 5.82 Å². The van der Waals surface area contributed by atoms with Crippen molar-refractivity contribution in [2.75, 3.05) is 12.4 Å². The van der Waals surface area contributed by atoms with Gasteiger partial charge in [-0.3, -0.25) is 0 Å². The van der Waals surface area contributed by atoms with Crippen LogP contribution in [0.3, 0.4) is 0 Å². The summed E-state index contributed by atoms with van der Waals surface area (Å²) in [7, 11) is 1.86. The van der Waals surface area contributed by atoms with E-state index in [4.69, 9.17) is 0 Å². The fraction of sp³-hybridized carbons (Fsp3) is 0.0667. The van der Waals surface area contributed by atoms with Gasteiger partial charge in [0, 0.05) is 39.5 Å². The highest BCUT2D eigenvalue weighted by Gasteiger charge is 2.10. The molecule has 0 atom stereocenters.